The van der Waals surface area contributed by atoms with Crippen molar-refractivity contribution in [3.63, 3.8) is 0 Å². The van der Waals surface area contributed by atoms with E-state index in [2.05, 4.69) is 28.3 Å². The van der Waals surface area contributed by atoms with Gasteiger partial charge in [0.25, 0.3) is 10.0 Å². The van der Waals surface area contributed by atoms with Crippen LogP contribution in [0.3, 0.4) is 0 Å². The monoisotopic (exact) mass is 460 g/mol. The van der Waals surface area contributed by atoms with Crippen LogP contribution >= 0.6 is 0 Å². The molecular weight excluding hydrogens is 436 g/mol. The summed E-state index contributed by atoms with van der Waals surface area (Å²) in [5.74, 6) is 1.98. The summed E-state index contributed by atoms with van der Waals surface area (Å²) in [6, 6.07) is 18.9. The Morgan fingerprint density at radius 3 is 2.73 bits per heavy atom. The third-order valence-electron chi connectivity index (χ3n) is 6.79. The van der Waals surface area contributed by atoms with Gasteiger partial charge in [0.05, 0.1) is 16.6 Å². The molecule has 0 amide bonds. The molecule has 0 saturated heterocycles. The molecule has 2 aliphatic heterocycles. The van der Waals surface area contributed by atoms with E-state index in [0.717, 1.165) is 40.3 Å². The molecule has 0 aromatic heterocycles. The summed E-state index contributed by atoms with van der Waals surface area (Å²) < 4.78 is 40.1. The zero-order valence-electron chi connectivity index (χ0n) is 18.1. The molecule has 7 heteroatoms. The number of allylic oxidation sites excluding steroid dienone is 2. The van der Waals surface area contributed by atoms with Gasteiger partial charge in [-0.05, 0) is 72.4 Å². The van der Waals surface area contributed by atoms with Gasteiger partial charge in [0.2, 0.25) is 6.79 Å². The maximum absolute atomic E-state index is 13.2. The van der Waals surface area contributed by atoms with E-state index in [0.29, 0.717) is 11.6 Å². The van der Waals surface area contributed by atoms with E-state index in [1.165, 1.54) is 0 Å². The highest BCUT2D eigenvalue weighted by Gasteiger charge is 2.39. The molecule has 2 N–H and O–H groups in total. The first-order valence-corrected chi connectivity index (χ1v) is 12.5. The number of hydrogen-bond acceptors (Lipinski definition) is 5. The fraction of sp³-hybridized carbons (Fsp3) is 0.231. The highest BCUT2D eigenvalue weighted by Crippen LogP contribution is 2.51. The van der Waals surface area contributed by atoms with E-state index in [-0.39, 0.29) is 23.6 Å². The van der Waals surface area contributed by atoms with Crippen molar-refractivity contribution in [1.82, 2.24) is 0 Å². The third-order valence-corrected chi connectivity index (χ3v) is 8.15. The molecule has 3 aromatic carbocycles. The van der Waals surface area contributed by atoms with Crippen LogP contribution in [0.5, 0.6) is 11.5 Å². The average Bonchev–Trinajstić information content (AvgIpc) is 3.49. The summed E-state index contributed by atoms with van der Waals surface area (Å²) in [5.41, 5.74) is 4.58. The predicted molar refractivity (Wildman–Crippen MR) is 127 cm³/mol. The van der Waals surface area contributed by atoms with Gasteiger partial charge in [-0.2, -0.15) is 0 Å². The maximum atomic E-state index is 13.2. The fourth-order valence-electron chi connectivity index (χ4n) is 5.07. The van der Waals surface area contributed by atoms with Gasteiger partial charge in [-0.25, -0.2) is 8.42 Å². The fourth-order valence-corrected chi connectivity index (χ4v) is 6.23. The summed E-state index contributed by atoms with van der Waals surface area (Å²) in [5, 5.41) is 3.66. The second-order valence-corrected chi connectivity index (χ2v) is 10.4. The lowest BCUT2D eigenvalue weighted by atomic mass is 9.77. The minimum absolute atomic E-state index is 0.0968. The highest BCUT2D eigenvalue weighted by molar-refractivity contribution is 7.92. The van der Waals surface area contributed by atoms with Crippen molar-refractivity contribution < 1.29 is 17.9 Å². The Balaban J connectivity index is 1.34. The Labute approximate surface area is 193 Å². The normalized spacial score (nSPS) is 22.4. The molecule has 0 bridgehead atoms. The maximum Gasteiger partial charge on any atom is 0.261 e. The summed E-state index contributed by atoms with van der Waals surface area (Å²) in [6.07, 6.45) is 5.32. The molecule has 168 valence electrons. The van der Waals surface area contributed by atoms with Gasteiger partial charge in [-0.1, -0.05) is 36.4 Å². The summed E-state index contributed by atoms with van der Waals surface area (Å²) in [4.78, 5) is 0.270. The minimum atomic E-state index is -3.70. The van der Waals surface area contributed by atoms with E-state index >= 15 is 0 Å². The lowest BCUT2D eigenvalue weighted by Gasteiger charge is -2.37. The van der Waals surface area contributed by atoms with Crippen LogP contribution in [0.2, 0.25) is 0 Å². The molecule has 3 aromatic rings. The van der Waals surface area contributed by atoms with Crippen LogP contribution in [-0.2, 0) is 10.0 Å². The molecule has 0 saturated carbocycles. The molecular formula is C26H24N2O4S. The Kier molecular flexibility index (Phi) is 4.62. The van der Waals surface area contributed by atoms with Gasteiger partial charge in [-0.15, -0.1) is 0 Å². The molecule has 1 aliphatic carbocycles. The van der Waals surface area contributed by atoms with E-state index in [4.69, 9.17) is 9.47 Å². The number of ether oxygens (including phenoxy) is 2. The molecule has 3 atom stereocenters. The number of para-hydroxylation sites is 1. The standard InChI is InChI=1S/C26H24N2O4S/c1-16-5-2-3-8-22(16)28-33(29,30)18-10-11-23-21(14-18)19-6-4-7-20(19)26(27-23)17-9-12-24-25(13-17)32-15-31-24/h2-6,8-14,19-20,26-28H,7,15H2,1H3/t19-,20+,26+/m0/s1. The first-order chi connectivity index (χ1) is 16.0. The number of sulfonamides is 1. The number of fused-ring (bicyclic) bond motifs is 4. The van der Waals surface area contributed by atoms with Crippen LogP contribution < -0.4 is 19.5 Å². The summed E-state index contributed by atoms with van der Waals surface area (Å²) in [7, 11) is -3.70. The van der Waals surface area contributed by atoms with Gasteiger partial charge < -0.3 is 14.8 Å². The van der Waals surface area contributed by atoms with Gasteiger partial charge in [0.15, 0.2) is 11.5 Å². The molecule has 6 rings (SSSR count). The van der Waals surface area contributed by atoms with Crippen LogP contribution in [0.4, 0.5) is 11.4 Å². The molecule has 0 fully saturated rings. The van der Waals surface area contributed by atoms with E-state index < -0.39 is 10.0 Å². The first kappa shape index (κ1) is 20.2. The predicted octanol–water partition coefficient (Wildman–Crippen LogP) is 5.35. The number of benzene rings is 3. The molecule has 3 aliphatic rings. The van der Waals surface area contributed by atoms with Gasteiger partial charge in [0, 0.05) is 11.6 Å². The number of anilines is 2. The Morgan fingerprint density at radius 2 is 1.85 bits per heavy atom. The number of nitrogens with one attached hydrogen (secondary N) is 2. The van der Waals surface area contributed by atoms with Crippen molar-refractivity contribution in [2.24, 2.45) is 5.92 Å². The van der Waals surface area contributed by atoms with Crippen molar-refractivity contribution >= 4 is 21.4 Å². The smallest absolute Gasteiger partial charge is 0.261 e. The Bertz CT molecular complexity index is 1380. The lowest BCUT2D eigenvalue weighted by molar-refractivity contribution is 0.174. The Hall–Kier alpha value is -3.45. The molecule has 0 radical (unpaired) electrons. The van der Waals surface area contributed by atoms with Crippen molar-refractivity contribution in [3.05, 3.63) is 89.5 Å². The second kappa shape index (κ2) is 7.56. The van der Waals surface area contributed by atoms with Crippen LogP contribution in [0.1, 0.15) is 35.1 Å². The highest BCUT2D eigenvalue weighted by atomic mass is 32.2. The van der Waals surface area contributed by atoms with Crippen LogP contribution in [0, 0.1) is 12.8 Å². The van der Waals surface area contributed by atoms with E-state index in [1.807, 2.05) is 49.4 Å². The average molecular weight is 461 g/mol. The minimum Gasteiger partial charge on any atom is -0.454 e. The van der Waals surface area contributed by atoms with Crippen molar-refractivity contribution in [1.29, 1.82) is 0 Å². The Morgan fingerprint density at radius 1 is 1.00 bits per heavy atom. The van der Waals surface area contributed by atoms with Gasteiger partial charge >= 0.3 is 0 Å². The number of hydrogen-bond donors (Lipinski definition) is 2. The molecule has 0 unspecified atom stereocenters. The van der Waals surface area contributed by atoms with Crippen molar-refractivity contribution in [2.45, 2.75) is 30.2 Å². The second-order valence-electron chi connectivity index (χ2n) is 8.76. The number of rotatable bonds is 4. The van der Waals surface area contributed by atoms with E-state index in [1.54, 1.807) is 12.1 Å². The largest absolute Gasteiger partial charge is 0.454 e. The molecule has 0 spiro atoms. The third kappa shape index (κ3) is 3.43. The molecule has 6 nitrogen and oxygen atoms in total. The SMILES string of the molecule is Cc1ccccc1NS(=O)(=O)c1ccc2c(c1)[C@H]1C=CC[C@H]1[C@@H](c1ccc3c(c1)OCO3)N2. The summed E-state index contributed by atoms with van der Waals surface area (Å²) in [6.45, 7) is 2.14. The summed E-state index contributed by atoms with van der Waals surface area (Å²) >= 11 is 0. The van der Waals surface area contributed by atoms with E-state index in [9.17, 15) is 8.42 Å². The van der Waals surface area contributed by atoms with Crippen LogP contribution in [0.25, 0.3) is 0 Å². The first-order valence-electron chi connectivity index (χ1n) is 11.0. The number of aryl methyl sites for hydroxylation is 1. The molecule has 2 heterocycles. The van der Waals surface area contributed by atoms with Crippen molar-refractivity contribution in [3.8, 4) is 11.5 Å². The molecule has 33 heavy (non-hydrogen) atoms. The van der Waals surface area contributed by atoms with Crippen LogP contribution in [-0.4, -0.2) is 15.2 Å². The van der Waals surface area contributed by atoms with Gasteiger partial charge in [0.1, 0.15) is 0 Å². The lowest BCUT2D eigenvalue weighted by Crippen LogP contribution is -2.29. The van der Waals surface area contributed by atoms with Crippen LogP contribution in [0.15, 0.2) is 77.7 Å². The topological polar surface area (TPSA) is 76.7 Å². The zero-order chi connectivity index (χ0) is 22.6. The van der Waals surface area contributed by atoms with Gasteiger partial charge in [-0.3, -0.25) is 4.72 Å². The van der Waals surface area contributed by atoms with Crippen molar-refractivity contribution in [2.75, 3.05) is 16.8 Å². The zero-order valence-corrected chi connectivity index (χ0v) is 18.9. The quantitative estimate of drug-likeness (QED) is 0.513.